The van der Waals surface area contributed by atoms with Gasteiger partial charge >= 0.3 is 0 Å². The van der Waals surface area contributed by atoms with Crippen LogP contribution in [0.4, 0.5) is 5.82 Å². The number of benzene rings is 1. The van der Waals surface area contributed by atoms with Crippen LogP contribution in [-0.4, -0.2) is 42.1 Å². The maximum absolute atomic E-state index is 13.0. The second kappa shape index (κ2) is 6.81. The van der Waals surface area contributed by atoms with Crippen LogP contribution in [0.15, 0.2) is 36.0 Å². The minimum Gasteiger partial charge on any atom is -0.486 e. The van der Waals surface area contributed by atoms with Gasteiger partial charge in [-0.1, -0.05) is 0 Å². The molecule has 0 aliphatic carbocycles. The normalized spacial score (nSPS) is 17.3. The number of hydrogen-bond donors (Lipinski definition) is 0. The first-order valence-corrected chi connectivity index (χ1v) is 10.0. The van der Waals surface area contributed by atoms with Gasteiger partial charge in [0, 0.05) is 24.6 Å². The fourth-order valence-electron chi connectivity index (χ4n) is 3.81. The van der Waals surface area contributed by atoms with Gasteiger partial charge in [-0.3, -0.25) is 4.79 Å². The van der Waals surface area contributed by atoms with E-state index in [1.54, 1.807) is 17.7 Å². The molecule has 0 N–H and O–H groups in total. The molecule has 3 aromatic rings. The number of thiophene rings is 1. The molecule has 0 radical (unpaired) electrons. The first-order chi connectivity index (χ1) is 13.3. The first kappa shape index (κ1) is 16.5. The smallest absolute Gasteiger partial charge is 0.166 e. The number of rotatable bonds is 3. The summed E-state index contributed by atoms with van der Waals surface area (Å²) in [5, 5.41) is 3.14. The molecule has 138 valence electrons. The molecule has 6 nitrogen and oxygen atoms in total. The summed E-state index contributed by atoms with van der Waals surface area (Å²) >= 11 is 1.63. The topological polar surface area (TPSA) is 64.6 Å². The number of anilines is 1. The molecule has 1 aromatic carbocycles. The maximum Gasteiger partial charge on any atom is 0.166 e. The summed E-state index contributed by atoms with van der Waals surface area (Å²) in [4.78, 5) is 25.0. The first-order valence-electron chi connectivity index (χ1n) is 9.16. The van der Waals surface area contributed by atoms with Gasteiger partial charge in [0.1, 0.15) is 30.2 Å². The number of carbonyl (C=O) groups excluding carboxylic acids is 1. The van der Waals surface area contributed by atoms with Crippen LogP contribution in [0.2, 0.25) is 0 Å². The van der Waals surface area contributed by atoms with E-state index in [0.717, 1.165) is 47.7 Å². The third kappa shape index (κ3) is 3.02. The van der Waals surface area contributed by atoms with Crippen molar-refractivity contribution in [1.29, 1.82) is 0 Å². The zero-order chi connectivity index (χ0) is 18.2. The van der Waals surface area contributed by atoms with Crippen LogP contribution in [0.3, 0.4) is 0 Å². The molecule has 1 fully saturated rings. The largest absolute Gasteiger partial charge is 0.486 e. The van der Waals surface area contributed by atoms with Crippen LogP contribution in [0, 0.1) is 5.92 Å². The third-order valence-corrected chi connectivity index (χ3v) is 6.05. The highest BCUT2D eigenvalue weighted by Gasteiger charge is 2.28. The minimum absolute atomic E-state index is 0.0311. The lowest BCUT2D eigenvalue weighted by Crippen LogP contribution is -2.37. The van der Waals surface area contributed by atoms with Crippen LogP contribution < -0.4 is 14.4 Å². The van der Waals surface area contributed by atoms with Crippen LogP contribution in [0.1, 0.15) is 23.2 Å². The Labute approximate surface area is 160 Å². The number of carbonyl (C=O) groups is 1. The Hall–Kier alpha value is -2.67. The highest BCUT2D eigenvalue weighted by Crippen LogP contribution is 2.34. The molecule has 0 atom stereocenters. The number of nitrogens with zero attached hydrogens (tertiary/aromatic N) is 3. The summed E-state index contributed by atoms with van der Waals surface area (Å²) in [5.41, 5.74) is 0.708. The molecule has 0 saturated carbocycles. The Bertz CT molecular complexity index is 995. The molecule has 2 aliphatic heterocycles. The molecule has 1 saturated heterocycles. The number of aromatic nitrogens is 2. The number of piperidine rings is 1. The van der Waals surface area contributed by atoms with Gasteiger partial charge in [-0.25, -0.2) is 9.97 Å². The number of Topliss-reactive ketones (excluding diaryl/α,β-unsaturated/α-hetero) is 1. The van der Waals surface area contributed by atoms with Gasteiger partial charge in [0.15, 0.2) is 17.3 Å². The van der Waals surface area contributed by atoms with Gasteiger partial charge in [-0.15, -0.1) is 11.3 Å². The van der Waals surface area contributed by atoms with Crippen LogP contribution >= 0.6 is 11.3 Å². The monoisotopic (exact) mass is 381 g/mol. The van der Waals surface area contributed by atoms with Gasteiger partial charge in [0.2, 0.25) is 0 Å². The maximum atomic E-state index is 13.0. The lowest BCUT2D eigenvalue weighted by atomic mass is 9.88. The van der Waals surface area contributed by atoms with E-state index in [1.807, 2.05) is 23.6 Å². The summed E-state index contributed by atoms with van der Waals surface area (Å²) in [5.74, 6) is 2.59. The molecule has 0 amide bonds. The molecule has 4 heterocycles. The van der Waals surface area contributed by atoms with Crippen LogP contribution in [-0.2, 0) is 0 Å². The average molecular weight is 381 g/mol. The quantitative estimate of drug-likeness (QED) is 0.647. The van der Waals surface area contributed by atoms with E-state index in [9.17, 15) is 4.79 Å². The van der Waals surface area contributed by atoms with Crippen molar-refractivity contribution >= 4 is 33.2 Å². The van der Waals surface area contributed by atoms with Crippen molar-refractivity contribution in [3.63, 3.8) is 0 Å². The van der Waals surface area contributed by atoms with Gasteiger partial charge in [-0.2, -0.15) is 0 Å². The molecule has 0 unspecified atom stereocenters. The van der Waals surface area contributed by atoms with E-state index >= 15 is 0 Å². The summed E-state index contributed by atoms with van der Waals surface area (Å²) in [6.45, 7) is 2.73. The molecule has 5 rings (SSSR count). The second-order valence-corrected chi connectivity index (χ2v) is 7.72. The summed E-state index contributed by atoms with van der Waals surface area (Å²) in [6.07, 6.45) is 3.27. The van der Waals surface area contributed by atoms with Gasteiger partial charge < -0.3 is 14.4 Å². The highest BCUT2D eigenvalue weighted by atomic mass is 32.1. The zero-order valence-corrected chi connectivity index (χ0v) is 15.6. The average Bonchev–Trinajstić information content (AvgIpc) is 3.22. The molecular formula is C20H19N3O3S. The van der Waals surface area contributed by atoms with Crippen molar-refractivity contribution in [3.8, 4) is 11.5 Å². The SMILES string of the molecule is O=C(c1ccc2c(c1)OCCO2)C1CCN(c2ncnc3sccc23)CC1. The third-order valence-electron chi connectivity index (χ3n) is 5.23. The number of ether oxygens (including phenoxy) is 2. The van der Waals surface area contributed by atoms with E-state index in [1.165, 1.54) is 0 Å². The van der Waals surface area contributed by atoms with E-state index in [4.69, 9.17) is 9.47 Å². The van der Waals surface area contributed by atoms with Crippen molar-refractivity contribution in [2.75, 3.05) is 31.2 Å². The van der Waals surface area contributed by atoms with E-state index < -0.39 is 0 Å². The van der Waals surface area contributed by atoms with E-state index in [2.05, 4.69) is 20.9 Å². The summed E-state index contributed by atoms with van der Waals surface area (Å²) < 4.78 is 11.2. The molecule has 7 heteroatoms. The van der Waals surface area contributed by atoms with Crippen LogP contribution in [0.5, 0.6) is 11.5 Å². The summed E-state index contributed by atoms with van der Waals surface area (Å²) in [6, 6.07) is 7.58. The highest BCUT2D eigenvalue weighted by molar-refractivity contribution is 7.16. The number of ketones is 1. The minimum atomic E-state index is 0.0311. The van der Waals surface area contributed by atoms with Crippen LogP contribution in [0.25, 0.3) is 10.2 Å². The standard InChI is InChI=1S/C20H19N3O3S/c24-18(14-1-2-16-17(11-14)26-9-8-25-16)13-3-6-23(7-4-13)19-15-5-10-27-20(15)22-12-21-19/h1-2,5,10-13H,3-4,6-9H2. The fraction of sp³-hybridized carbons (Fsp3) is 0.350. The lowest BCUT2D eigenvalue weighted by Gasteiger charge is -2.32. The Morgan fingerprint density at radius 1 is 1.07 bits per heavy atom. The van der Waals surface area contributed by atoms with Crippen molar-refractivity contribution in [2.24, 2.45) is 5.92 Å². The van der Waals surface area contributed by atoms with E-state index in [0.29, 0.717) is 24.5 Å². The Balaban J connectivity index is 1.30. The predicted molar refractivity (Wildman–Crippen MR) is 104 cm³/mol. The number of fused-ring (bicyclic) bond motifs is 2. The van der Waals surface area contributed by atoms with Crippen molar-refractivity contribution in [3.05, 3.63) is 41.5 Å². The Morgan fingerprint density at radius 2 is 1.89 bits per heavy atom. The molecule has 2 aliphatic rings. The molecular weight excluding hydrogens is 362 g/mol. The molecule has 27 heavy (non-hydrogen) atoms. The van der Waals surface area contributed by atoms with Gasteiger partial charge in [0.05, 0.1) is 5.39 Å². The predicted octanol–water partition coefficient (Wildman–Crippen LogP) is 3.56. The molecule has 0 bridgehead atoms. The molecule has 2 aromatic heterocycles. The molecule has 0 spiro atoms. The van der Waals surface area contributed by atoms with Crippen molar-refractivity contribution in [1.82, 2.24) is 9.97 Å². The number of hydrogen-bond acceptors (Lipinski definition) is 7. The fourth-order valence-corrected chi connectivity index (χ4v) is 4.54. The van der Waals surface area contributed by atoms with E-state index in [-0.39, 0.29) is 11.7 Å². The lowest BCUT2D eigenvalue weighted by molar-refractivity contribution is 0.0899. The van der Waals surface area contributed by atoms with Gasteiger partial charge in [0.25, 0.3) is 0 Å². The second-order valence-electron chi connectivity index (χ2n) is 6.82. The summed E-state index contributed by atoms with van der Waals surface area (Å²) in [7, 11) is 0. The Kier molecular flexibility index (Phi) is 4.16. The van der Waals surface area contributed by atoms with Crippen molar-refractivity contribution < 1.29 is 14.3 Å². The van der Waals surface area contributed by atoms with Gasteiger partial charge in [-0.05, 0) is 42.5 Å². The Morgan fingerprint density at radius 3 is 2.74 bits per heavy atom. The zero-order valence-electron chi connectivity index (χ0n) is 14.8. The van der Waals surface area contributed by atoms with Crippen molar-refractivity contribution in [2.45, 2.75) is 12.8 Å².